The summed E-state index contributed by atoms with van der Waals surface area (Å²) in [5.74, 6) is -1.30. The van der Waals surface area contributed by atoms with Crippen molar-refractivity contribution in [3.05, 3.63) is 0 Å². The molecule has 2 atom stereocenters. The van der Waals surface area contributed by atoms with Crippen LogP contribution in [0.1, 0.15) is 26.7 Å². The molecule has 9 nitrogen and oxygen atoms in total. The zero-order chi connectivity index (χ0) is 15.7. The first kappa shape index (κ1) is 18.1. The second-order valence-electron chi connectivity index (χ2n) is 4.74. The molecule has 0 spiro atoms. The molecule has 20 heavy (non-hydrogen) atoms. The Bertz CT molecular complexity index is 348. The average Bonchev–Trinajstić information content (AvgIpc) is 2.39. The molecule has 9 heteroatoms. The summed E-state index contributed by atoms with van der Waals surface area (Å²) in [5, 5.41) is 13.5. The van der Waals surface area contributed by atoms with Crippen molar-refractivity contribution in [1.82, 2.24) is 16.1 Å². The molecule has 0 aliphatic rings. The molecule has 0 unspecified atom stereocenters. The fraction of sp³-hybridized carbons (Fsp3) is 0.727. The van der Waals surface area contributed by atoms with Gasteiger partial charge < -0.3 is 22.1 Å². The lowest BCUT2D eigenvalue weighted by molar-refractivity contribution is -0.135. The van der Waals surface area contributed by atoms with E-state index >= 15 is 0 Å². The molecule has 0 rings (SSSR count). The number of nitrogens with two attached hydrogens (primary N) is 2. The maximum absolute atomic E-state index is 11.8. The number of carbonyl (C=O) groups excluding carboxylic acids is 3. The van der Waals surface area contributed by atoms with Crippen LogP contribution in [0.15, 0.2) is 0 Å². The Morgan fingerprint density at radius 3 is 2.25 bits per heavy atom. The predicted octanol–water partition coefficient (Wildman–Crippen LogP) is -1.59. The van der Waals surface area contributed by atoms with E-state index in [4.69, 9.17) is 16.7 Å². The summed E-state index contributed by atoms with van der Waals surface area (Å²) >= 11 is 0. The molecule has 8 N–H and O–H groups in total. The van der Waals surface area contributed by atoms with E-state index in [-0.39, 0.29) is 18.9 Å². The fourth-order valence-electron chi connectivity index (χ4n) is 1.44. The normalized spacial score (nSPS) is 13.4. The third-order valence-corrected chi connectivity index (χ3v) is 2.73. The largest absolute Gasteiger partial charge is 0.352 e. The Labute approximate surface area is 117 Å². The lowest BCUT2D eigenvalue weighted by Gasteiger charge is -2.21. The van der Waals surface area contributed by atoms with E-state index in [1.54, 1.807) is 13.8 Å². The molecule has 0 aliphatic carbocycles. The number of hydrogen-bond acceptors (Lipinski definition) is 5. The Morgan fingerprint density at radius 1 is 1.20 bits per heavy atom. The summed E-state index contributed by atoms with van der Waals surface area (Å²) in [6.07, 6.45) is 0.626. The standard InChI is InChI=1S/C11H23N5O4/c1-6(2)8(12)10(18)15-7(9(17)16-20)4-3-5-14-11(13)19/h6-8,20H,3-5,12H2,1-2H3,(H,15,18)(H,16,17)(H3,13,14,19)/t7-,8-/m0/s1. The van der Waals surface area contributed by atoms with Crippen LogP contribution < -0.4 is 27.6 Å². The van der Waals surface area contributed by atoms with Gasteiger partial charge in [-0.15, -0.1) is 0 Å². The van der Waals surface area contributed by atoms with E-state index < -0.39 is 29.9 Å². The van der Waals surface area contributed by atoms with Gasteiger partial charge in [0.25, 0.3) is 5.91 Å². The highest BCUT2D eigenvalue weighted by Gasteiger charge is 2.24. The van der Waals surface area contributed by atoms with E-state index in [1.165, 1.54) is 5.48 Å². The summed E-state index contributed by atoms with van der Waals surface area (Å²) in [4.78, 5) is 33.7. The second-order valence-corrected chi connectivity index (χ2v) is 4.74. The van der Waals surface area contributed by atoms with Crippen LogP contribution in [0.2, 0.25) is 0 Å². The first-order valence-corrected chi connectivity index (χ1v) is 6.32. The number of nitrogens with one attached hydrogen (secondary N) is 3. The van der Waals surface area contributed by atoms with E-state index in [0.717, 1.165) is 0 Å². The van der Waals surface area contributed by atoms with Crippen LogP contribution in [0.4, 0.5) is 4.79 Å². The fourth-order valence-corrected chi connectivity index (χ4v) is 1.44. The first-order chi connectivity index (χ1) is 9.29. The van der Waals surface area contributed by atoms with E-state index in [1.807, 2.05) is 0 Å². The van der Waals surface area contributed by atoms with Crippen LogP contribution in [-0.2, 0) is 9.59 Å². The van der Waals surface area contributed by atoms with E-state index in [2.05, 4.69) is 10.6 Å². The predicted molar refractivity (Wildman–Crippen MR) is 71.5 cm³/mol. The van der Waals surface area contributed by atoms with Crippen molar-refractivity contribution >= 4 is 17.8 Å². The minimum Gasteiger partial charge on any atom is -0.352 e. The smallest absolute Gasteiger partial charge is 0.312 e. The third-order valence-electron chi connectivity index (χ3n) is 2.73. The number of carbonyl (C=O) groups is 3. The van der Waals surface area contributed by atoms with Gasteiger partial charge in [-0.2, -0.15) is 0 Å². The van der Waals surface area contributed by atoms with Crippen molar-refractivity contribution in [2.75, 3.05) is 6.54 Å². The number of hydroxylamine groups is 1. The number of amides is 4. The zero-order valence-corrected chi connectivity index (χ0v) is 11.7. The maximum atomic E-state index is 11.8. The molecule has 116 valence electrons. The van der Waals surface area contributed by atoms with Crippen molar-refractivity contribution < 1.29 is 19.6 Å². The van der Waals surface area contributed by atoms with Crippen LogP contribution >= 0.6 is 0 Å². The molecule has 0 aromatic rings. The molecule has 0 aromatic heterocycles. The Kier molecular flexibility index (Phi) is 8.25. The molecule has 0 aromatic carbocycles. The summed E-state index contributed by atoms with van der Waals surface area (Å²) in [6.45, 7) is 3.82. The van der Waals surface area contributed by atoms with Gasteiger partial charge in [0.05, 0.1) is 6.04 Å². The van der Waals surface area contributed by atoms with Gasteiger partial charge in [-0.1, -0.05) is 13.8 Å². The molecule has 0 aliphatic heterocycles. The van der Waals surface area contributed by atoms with E-state index in [0.29, 0.717) is 6.42 Å². The van der Waals surface area contributed by atoms with Gasteiger partial charge in [-0.05, 0) is 18.8 Å². The zero-order valence-electron chi connectivity index (χ0n) is 11.7. The van der Waals surface area contributed by atoms with Gasteiger partial charge >= 0.3 is 6.03 Å². The molecule has 0 radical (unpaired) electrons. The maximum Gasteiger partial charge on any atom is 0.312 e. The Hall–Kier alpha value is -1.87. The van der Waals surface area contributed by atoms with Crippen LogP contribution in [0.5, 0.6) is 0 Å². The topological polar surface area (TPSA) is 160 Å². The number of rotatable bonds is 8. The first-order valence-electron chi connectivity index (χ1n) is 6.32. The number of urea groups is 1. The van der Waals surface area contributed by atoms with Gasteiger partial charge in [-0.3, -0.25) is 14.8 Å². The molecule has 0 heterocycles. The summed E-state index contributed by atoms with van der Waals surface area (Å²) in [7, 11) is 0. The van der Waals surface area contributed by atoms with Crippen molar-refractivity contribution in [2.45, 2.75) is 38.8 Å². The van der Waals surface area contributed by atoms with Crippen molar-refractivity contribution in [2.24, 2.45) is 17.4 Å². The third kappa shape index (κ3) is 6.90. The lowest BCUT2D eigenvalue weighted by atomic mass is 10.0. The highest BCUT2D eigenvalue weighted by Crippen LogP contribution is 2.02. The number of hydrogen-bond donors (Lipinski definition) is 6. The summed E-state index contributed by atoms with van der Waals surface area (Å²) < 4.78 is 0. The van der Waals surface area contributed by atoms with Crippen molar-refractivity contribution in [1.29, 1.82) is 0 Å². The van der Waals surface area contributed by atoms with Gasteiger partial charge in [0.15, 0.2) is 0 Å². The molecular formula is C11H23N5O4. The minimum atomic E-state index is -0.924. The van der Waals surface area contributed by atoms with Crippen molar-refractivity contribution in [3.63, 3.8) is 0 Å². The van der Waals surface area contributed by atoms with Gasteiger partial charge in [0, 0.05) is 6.54 Å². The van der Waals surface area contributed by atoms with Crippen LogP contribution in [0.25, 0.3) is 0 Å². The average molecular weight is 289 g/mol. The molecule has 0 saturated carbocycles. The molecule has 0 fully saturated rings. The van der Waals surface area contributed by atoms with Crippen LogP contribution in [0, 0.1) is 5.92 Å². The van der Waals surface area contributed by atoms with Crippen LogP contribution in [0.3, 0.4) is 0 Å². The quantitative estimate of drug-likeness (QED) is 0.180. The summed E-state index contributed by atoms with van der Waals surface area (Å²) in [6, 6.07) is -2.33. The lowest BCUT2D eigenvalue weighted by Crippen LogP contribution is -2.52. The highest BCUT2D eigenvalue weighted by molar-refractivity contribution is 5.89. The monoisotopic (exact) mass is 289 g/mol. The molecular weight excluding hydrogens is 266 g/mol. The SMILES string of the molecule is CC(C)[C@H](N)C(=O)N[C@@H](CCCNC(N)=O)C(=O)NO. The van der Waals surface area contributed by atoms with Crippen LogP contribution in [-0.4, -0.2) is 41.7 Å². The minimum absolute atomic E-state index is 0.0793. The highest BCUT2D eigenvalue weighted by atomic mass is 16.5. The molecule has 4 amide bonds. The number of primary amides is 1. The van der Waals surface area contributed by atoms with Gasteiger partial charge in [0.1, 0.15) is 6.04 Å². The van der Waals surface area contributed by atoms with Gasteiger partial charge in [-0.25, -0.2) is 10.3 Å². The second kappa shape index (κ2) is 9.10. The molecule has 0 saturated heterocycles. The Morgan fingerprint density at radius 2 is 1.80 bits per heavy atom. The molecule has 0 bridgehead atoms. The van der Waals surface area contributed by atoms with E-state index in [9.17, 15) is 14.4 Å². The van der Waals surface area contributed by atoms with Gasteiger partial charge in [0.2, 0.25) is 5.91 Å². The summed E-state index contributed by atoms with van der Waals surface area (Å²) in [5.41, 5.74) is 12.0. The van der Waals surface area contributed by atoms with Crippen molar-refractivity contribution in [3.8, 4) is 0 Å². The Balaban J connectivity index is 4.39.